The first kappa shape index (κ1) is 17.2. The number of alkyl halides is 3. The minimum absolute atomic E-state index is 0.164. The van der Waals surface area contributed by atoms with E-state index in [4.69, 9.17) is 4.74 Å². The van der Waals surface area contributed by atoms with Crippen LogP contribution in [-0.4, -0.2) is 42.1 Å². The Morgan fingerprint density at radius 1 is 1.30 bits per heavy atom. The first-order chi connectivity index (χ1) is 10.9. The van der Waals surface area contributed by atoms with Crippen LogP contribution < -0.4 is 0 Å². The van der Waals surface area contributed by atoms with Crippen molar-refractivity contribution in [1.29, 1.82) is 0 Å². The van der Waals surface area contributed by atoms with E-state index in [9.17, 15) is 22.8 Å². The van der Waals surface area contributed by atoms with Crippen LogP contribution in [0.1, 0.15) is 12.0 Å². The van der Waals surface area contributed by atoms with Crippen molar-refractivity contribution in [2.75, 3.05) is 6.61 Å². The van der Waals surface area contributed by atoms with E-state index in [0.29, 0.717) is 12.7 Å². The number of halogens is 3. The predicted molar refractivity (Wildman–Crippen MR) is 76.4 cm³/mol. The molecule has 1 saturated heterocycles. The molecule has 1 fully saturated rings. The molecule has 1 unspecified atom stereocenters. The van der Waals surface area contributed by atoms with Crippen molar-refractivity contribution >= 4 is 12.2 Å². The Labute approximate surface area is 131 Å². The highest BCUT2D eigenvalue weighted by Gasteiger charge is 2.37. The Kier molecular flexibility index (Phi) is 5.54. The van der Waals surface area contributed by atoms with Gasteiger partial charge in [-0.05, 0) is 18.1 Å². The van der Waals surface area contributed by atoms with Crippen LogP contribution in [0.4, 0.5) is 13.2 Å². The summed E-state index contributed by atoms with van der Waals surface area (Å²) >= 11 is 0. The number of hydrogen-bond donors (Lipinski definition) is 0. The number of carbonyl (C=O) groups excluding carboxylic acids is 2. The van der Waals surface area contributed by atoms with Gasteiger partial charge in [0, 0.05) is 0 Å². The fourth-order valence-corrected chi connectivity index (χ4v) is 2.41. The highest BCUT2D eigenvalue weighted by Crippen LogP contribution is 2.22. The maximum atomic E-state index is 12.1. The molecule has 0 spiro atoms. The molecule has 0 bridgehead atoms. The Morgan fingerprint density at radius 2 is 2.00 bits per heavy atom. The molecule has 2 atom stereocenters. The first-order valence-electron chi connectivity index (χ1n) is 7.07. The normalized spacial score (nSPS) is 21.8. The van der Waals surface area contributed by atoms with Gasteiger partial charge in [0.25, 0.3) is 0 Å². The lowest BCUT2D eigenvalue weighted by Gasteiger charge is -2.24. The van der Waals surface area contributed by atoms with Crippen LogP contribution in [0, 0.1) is 0 Å². The monoisotopic (exact) mass is 327 g/mol. The summed E-state index contributed by atoms with van der Waals surface area (Å²) in [4.78, 5) is 24.4. The summed E-state index contributed by atoms with van der Waals surface area (Å²) in [7, 11) is 0. The summed E-state index contributed by atoms with van der Waals surface area (Å²) in [6, 6.07) is 8.89. The zero-order chi connectivity index (χ0) is 16.9. The van der Waals surface area contributed by atoms with Crippen molar-refractivity contribution in [1.82, 2.24) is 4.90 Å². The van der Waals surface area contributed by atoms with Gasteiger partial charge in [0.1, 0.15) is 0 Å². The second-order valence-electron chi connectivity index (χ2n) is 5.17. The predicted octanol–water partition coefficient (Wildman–Crippen LogP) is 2.49. The second-order valence-corrected chi connectivity index (χ2v) is 5.17. The third kappa shape index (κ3) is 4.92. The second kappa shape index (κ2) is 7.41. The molecule has 0 radical (unpaired) electrons. The highest BCUT2D eigenvalue weighted by atomic mass is 19.4. The van der Waals surface area contributed by atoms with Crippen molar-refractivity contribution in [3.8, 4) is 0 Å². The molecule has 1 aliphatic heterocycles. The fraction of sp³-hybridized carbons (Fsp3) is 0.375. The van der Waals surface area contributed by atoms with Crippen molar-refractivity contribution in [2.24, 2.45) is 0 Å². The molecule has 7 heteroatoms. The SMILES string of the molecule is O=CC1OC[C@@H](Cc2ccccc2)N1C(=O)/C=C/CC(F)(F)F. The molecule has 124 valence electrons. The lowest BCUT2D eigenvalue weighted by molar-refractivity contribution is -0.138. The summed E-state index contributed by atoms with van der Waals surface area (Å²) in [5.41, 5.74) is 0.949. The van der Waals surface area contributed by atoms with Gasteiger partial charge in [-0.25, -0.2) is 0 Å². The molecule has 0 N–H and O–H groups in total. The van der Waals surface area contributed by atoms with E-state index in [1.54, 1.807) is 0 Å². The van der Waals surface area contributed by atoms with Crippen molar-refractivity contribution in [3.05, 3.63) is 48.0 Å². The number of aldehydes is 1. The van der Waals surface area contributed by atoms with Crippen LogP contribution in [0.3, 0.4) is 0 Å². The third-order valence-corrected chi connectivity index (χ3v) is 3.42. The lowest BCUT2D eigenvalue weighted by Crippen LogP contribution is -2.42. The van der Waals surface area contributed by atoms with Crippen LogP contribution in [-0.2, 0) is 20.7 Å². The van der Waals surface area contributed by atoms with Gasteiger partial charge in [-0.2, -0.15) is 13.2 Å². The van der Waals surface area contributed by atoms with Gasteiger partial charge in [-0.15, -0.1) is 0 Å². The average Bonchev–Trinajstić information content (AvgIpc) is 2.89. The van der Waals surface area contributed by atoms with Gasteiger partial charge < -0.3 is 9.64 Å². The quantitative estimate of drug-likeness (QED) is 0.617. The zero-order valence-corrected chi connectivity index (χ0v) is 12.2. The molecule has 4 nitrogen and oxygen atoms in total. The first-order valence-corrected chi connectivity index (χ1v) is 7.07. The van der Waals surface area contributed by atoms with E-state index in [1.807, 2.05) is 30.3 Å². The minimum atomic E-state index is -4.37. The number of allylic oxidation sites excluding steroid dienone is 1. The molecule has 23 heavy (non-hydrogen) atoms. The zero-order valence-electron chi connectivity index (χ0n) is 12.2. The van der Waals surface area contributed by atoms with Crippen LogP contribution >= 0.6 is 0 Å². The number of amides is 1. The Hall–Kier alpha value is -2.15. The van der Waals surface area contributed by atoms with Crippen LogP contribution in [0.15, 0.2) is 42.5 Å². The molecule has 1 heterocycles. The van der Waals surface area contributed by atoms with Gasteiger partial charge in [-0.3, -0.25) is 9.59 Å². The standard InChI is InChI=1S/C16H16F3NO3/c17-16(18,19)8-4-7-14(22)20-13(11-23-15(20)10-21)9-12-5-2-1-3-6-12/h1-7,10,13,15H,8-9,11H2/b7-4+/t13-,15?/m1/s1. The van der Waals surface area contributed by atoms with Crippen molar-refractivity contribution in [3.63, 3.8) is 0 Å². The summed E-state index contributed by atoms with van der Waals surface area (Å²) in [5.74, 6) is -0.662. The molecule has 1 aromatic carbocycles. The topological polar surface area (TPSA) is 46.6 Å². The van der Waals surface area contributed by atoms with Gasteiger partial charge in [0.15, 0.2) is 12.5 Å². The largest absolute Gasteiger partial charge is 0.392 e. The fourth-order valence-electron chi connectivity index (χ4n) is 2.41. The van der Waals surface area contributed by atoms with Crippen LogP contribution in [0.25, 0.3) is 0 Å². The lowest BCUT2D eigenvalue weighted by atomic mass is 10.1. The van der Waals surface area contributed by atoms with E-state index in [-0.39, 0.29) is 6.61 Å². The number of ether oxygens (including phenoxy) is 1. The summed E-state index contributed by atoms with van der Waals surface area (Å²) in [6.45, 7) is 0.164. The van der Waals surface area contributed by atoms with Gasteiger partial charge in [0.05, 0.1) is 19.1 Å². The number of hydrogen-bond acceptors (Lipinski definition) is 3. The number of benzene rings is 1. The number of nitrogens with zero attached hydrogens (tertiary/aromatic N) is 1. The molecule has 1 amide bonds. The van der Waals surface area contributed by atoms with Crippen molar-refractivity contribution in [2.45, 2.75) is 31.3 Å². The van der Waals surface area contributed by atoms with E-state index >= 15 is 0 Å². The maximum absolute atomic E-state index is 12.1. The Morgan fingerprint density at radius 3 is 2.61 bits per heavy atom. The van der Waals surface area contributed by atoms with Gasteiger partial charge >= 0.3 is 6.18 Å². The molecule has 1 aromatic rings. The molecule has 2 rings (SSSR count). The summed E-state index contributed by atoms with van der Waals surface area (Å²) in [5, 5.41) is 0. The third-order valence-electron chi connectivity index (χ3n) is 3.42. The van der Waals surface area contributed by atoms with Crippen LogP contribution in [0.2, 0.25) is 0 Å². The Balaban J connectivity index is 2.07. The Bertz CT molecular complexity index is 572. The van der Waals surface area contributed by atoms with Gasteiger partial charge in [0.2, 0.25) is 5.91 Å². The average molecular weight is 327 g/mol. The minimum Gasteiger partial charge on any atom is -0.349 e. The molecule has 0 saturated carbocycles. The van der Waals surface area contributed by atoms with E-state index in [2.05, 4.69) is 0 Å². The smallest absolute Gasteiger partial charge is 0.349 e. The summed E-state index contributed by atoms with van der Waals surface area (Å²) in [6.07, 6.45) is -4.09. The van der Waals surface area contributed by atoms with E-state index < -0.39 is 30.8 Å². The maximum Gasteiger partial charge on any atom is 0.392 e. The summed E-state index contributed by atoms with van der Waals surface area (Å²) < 4.78 is 41.6. The molecular weight excluding hydrogens is 311 g/mol. The molecule has 1 aliphatic rings. The van der Waals surface area contributed by atoms with E-state index in [0.717, 1.165) is 17.7 Å². The highest BCUT2D eigenvalue weighted by molar-refractivity contribution is 5.90. The van der Waals surface area contributed by atoms with E-state index in [1.165, 1.54) is 4.90 Å². The van der Waals surface area contributed by atoms with Gasteiger partial charge in [-0.1, -0.05) is 36.4 Å². The molecule has 0 aromatic heterocycles. The van der Waals surface area contributed by atoms with Crippen LogP contribution in [0.5, 0.6) is 0 Å². The number of carbonyl (C=O) groups is 2. The van der Waals surface area contributed by atoms with Crippen molar-refractivity contribution < 1.29 is 27.5 Å². The molecule has 0 aliphatic carbocycles. The number of rotatable bonds is 5. The molecular formula is C16H16F3NO3.